The van der Waals surface area contributed by atoms with E-state index in [2.05, 4.69) is 20.3 Å². The van der Waals surface area contributed by atoms with Crippen LogP contribution in [0.5, 0.6) is 5.75 Å². The molecule has 0 N–H and O–H groups in total. The lowest BCUT2D eigenvalue weighted by Crippen LogP contribution is -2.05. The summed E-state index contributed by atoms with van der Waals surface area (Å²) in [6, 6.07) is 3.30. The molecular weight excluding hydrogens is 327 g/mol. The first-order valence-electron chi connectivity index (χ1n) is 6.58. The van der Waals surface area contributed by atoms with Crippen LogP contribution in [0.3, 0.4) is 0 Å². The number of nitrogens with zero attached hydrogens (tertiary/aromatic N) is 5. The Hall–Kier alpha value is -3.17. The van der Waals surface area contributed by atoms with Crippen molar-refractivity contribution in [2.75, 3.05) is 7.11 Å². The smallest absolute Gasteiger partial charge is 0.416 e. The summed E-state index contributed by atoms with van der Waals surface area (Å²) in [5.74, 6) is 0.444. The Morgan fingerprint density at radius 2 is 2.08 bits per heavy atom. The van der Waals surface area contributed by atoms with Crippen molar-refractivity contribution in [2.45, 2.75) is 6.18 Å². The van der Waals surface area contributed by atoms with E-state index in [9.17, 15) is 13.2 Å². The maximum atomic E-state index is 12.9. The molecule has 0 aliphatic rings. The molecule has 0 spiro atoms. The van der Waals surface area contributed by atoms with E-state index in [0.29, 0.717) is 0 Å². The first-order valence-corrected chi connectivity index (χ1v) is 6.58. The second-order valence-electron chi connectivity index (χ2n) is 4.59. The molecule has 0 amide bonds. The summed E-state index contributed by atoms with van der Waals surface area (Å²) >= 11 is 0. The molecule has 0 radical (unpaired) electrons. The van der Waals surface area contributed by atoms with Crippen LogP contribution in [0.25, 0.3) is 23.7 Å². The molecule has 0 aliphatic carbocycles. The van der Waals surface area contributed by atoms with Crippen molar-refractivity contribution in [3.05, 3.63) is 42.4 Å². The second kappa shape index (κ2) is 6.14. The molecule has 0 saturated heterocycles. The Labute approximate surface area is 133 Å². The average molecular weight is 337 g/mol. The zero-order chi connectivity index (χ0) is 17.2. The summed E-state index contributed by atoms with van der Waals surface area (Å²) < 4.78 is 50.0. The Morgan fingerprint density at radius 3 is 2.75 bits per heavy atom. The quantitative estimate of drug-likeness (QED) is 0.728. The molecule has 10 heteroatoms. The van der Waals surface area contributed by atoms with Gasteiger partial charge in [-0.05, 0) is 18.2 Å². The molecule has 0 unspecified atom stereocenters. The SMILES string of the molecule is COc1cc(-c2ncn(/C=C/c3nnco3)n2)cc(C(F)(F)F)c1. The fourth-order valence-electron chi connectivity index (χ4n) is 1.88. The van der Waals surface area contributed by atoms with Gasteiger partial charge in [-0.1, -0.05) is 0 Å². The van der Waals surface area contributed by atoms with Gasteiger partial charge in [-0.25, -0.2) is 9.67 Å². The molecule has 7 nitrogen and oxygen atoms in total. The number of rotatable bonds is 4. The van der Waals surface area contributed by atoms with Gasteiger partial charge < -0.3 is 9.15 Å². The second-order valence-corrected chi connectivity index (χ2v) is 4.59. The van der Waals surface area contributed by atoms with Crippen LogP contribution >= 0.6 is 0 Å². The van der Waals surface area contributed by atoms with Crippen LogP contribution in [0, 0.1) is 0 Å². The summed E-state index contributed by atoms with van der Waals surface area (Å²) in [4.78, 5) is 4.00. The highest BCUT2D eigenvalue weighted by Gasteiger charge is 2.31. The lowest BCUT2D eigenvalue weighted by Gasteiger charge is -2.10. The molecule has 0 saturated carbocycles. The topological polar surface area (TPSA) is 78.9 Å². The monoisotopic (exact) mass is 337 g/mol. The van der Waals surface area contributed by atoms with Crippen LogP contribution in [0.2, 0.25) is 0 Å². The number of hydrogen-bond acceptors (Lipinski definition) is 6. The van der Waals surface area contributed by atoms with Crippen LogP contribution < -0.4 is 4.74 Å². The predicted octanol–water partition coefficient (Wildman–Crippen LogP) is 2.98. The van der Waals surface area contributed by atoms with Gasteiger partial charge in [0.2, 0.25) is 12.3 Å². The Balaban J connectivity index is 1.92. The largest absolute Gasteiger partial charge is 0.497 e. The van der Waals surface area contributed by atoms with Crippen LogP contribution in [0.4, 0.5) is 13.2 Å². The maximum absolute atomic E-state index is 12.9. The number of hydrogen-bond donors (Lipinski definition) is 0. The van der Waals surface area contributed by atoms with E-state index in [4.69, 9.17) is 9.15 Å². The van der Waals surface area contributed by atoms with Crippen molar-refractivity contribution < 1.29 is 22.3 Å². The normalized spacial score (nSPS) is 12.0. The molecule has 0 aliphatic heterocycles. The number of methoxy groups -OCH3 is 1. The first-order chi connectivity index (χ1) is 11.5. The lowest BCUT2D eigenvalue weighted by molar-refractivity contribution is -0.137. The van der Waals surface area contributed by atoms with E-state index >= 15 is 0 Å². The molecule has 124 valence electrons. The van der Waals surface area contributed by atoms with E-state index in [1.807, 2.05) is 0 Å². The molecule has 2 heterocycles. The summed E-state index contributed by atoms with van der Waals surface area (Å²) in [5, 5.41) is 11.2. The van der Waals surface area contributed by atoms with E-state index in [-0.39, 0.29) is 23.0 Å². The van der Waals surface area contributed by atoms with Gasteiger partial charge in [-0.2, -0.15) is 13.2 Å². The van der Waals surface area contributed by atoms with Crippen molar-refractivity contribution >= 4 is 12.3 Å². The molecule has 1 aromatic carbocycles. The Morgan fingerprint density at radius 1 is 1.25 bits per heavy atom. The third-order valence-electron chi connectivity index (χ3n) is 2.98. The molecule has 3 rings (SSSR count). The van der Waals surface area contributed by atoms with Crippen molar-refractivity contribution in [1.29, 1.82) is 0 Å². The lowest BCUT2D eigenvalue weighted by atomic mass is 10.1. The van der Waals surface area contributed by atoms with E-state index < -0.39 is 11.7 Å². The highest BCUT2D eigenvalue weighted by atomic mass is 19.4. The van der Waals surface area contributed by atoms with E-state index in [1.165, 1.54) is 42.9 Å². The van der Waals surface area contributed by atoms with Gasteiger partial charge in [-0.15, -0.1) is 15.3 Å². The standard InChI is InChI=1S/C14H10F3N5O2/c1-23-11-5-9(4-10(6-11)14(15,16)17)13-18-7-22(21-13)3-2-12-20-19-8-24-12/h2-8H,1H3/b3-2+. The number of halogens is 3. The molecule has 0 atom stereocenters. The molecule has 0 bridgehead atoms. The van der Waals surface area contributed by atoms with Crippen molar-refractivity contribution in [3.63, 3.8) is 0 Å². The van der Waals surface area contributed by atoms with Crippen molar-refractivity contribution in [1.82, 2.24) is 25.0 Å². The van der Waals surface area contributed by atoms with Crippen LogP contribution in [-0.2, 0) is 6.18 Å². The van der Waals surface area contributed by atoms with Gasteiger partial charge >= 0.3 is 6.18 Å². The first kappa shape index (κ1) is 15.7. The van der Waals surface area contributed by atoms with E-state index in [1.54, 1.807) is 0 Å². The highest BCUT2D eigenvalue weighted by Crippen LogP contribution is 2.34. The minimum absolute atomic E-state index is 0.0672. The highest BCUT2D eigenvalue weighted by molar-refractivity contribution is 5.60. The number of alkyl halides is 3. The number of ether oxygens (including phenoxy) is 1. The maximum Gasteiger partial charge on any atom is 0.416 e. The Bertz CT molecular complexity index is 856. The van der Waals surface area contributed by atoms with Crippen LogP contribution in [0.15, 0.2) is 35.3 Å². The summed E-state index contributed by atoms with van der Waals surface area (Å²) in [5.41, 5.74) is -0.652. The van der Waals surface area contributed by atoms with Crippen molar-refractivity contribution in [2.24, 2.45) is 0 Å². The summed E-state index contributed by atoms with van der Waals surface area (Å²) in [6.45, 7) is 0. The summed E-state index contributed by atoms with van der Waals surface area (Å²) in [7, 11) is 1.29. The van der Waals surface area contributed by atoms with Gasteiger partial charge in [0.1, 0.15) is 12.1 Å². The molecule has 0 fully saturated rings. The average Bonchev–Trinajstić information content (AvgIpc) is 3.23. The summed E-state index contributed by atoms with van der Waals surface area (Å²) in [6.07, 6.45) is 0.979. The molecule has 3 aromatic rings. The van der Waals surface area contributed by atoms with Crippen molar-refractivity contribution in [3.8, 4) is 17.1 Å². The fourth-order valence-corrected chi connectivity index (χ4v) is 1.88. The fraction of sp³-hybridized carbons (Fsp3) is 0.143. The van der Waals surface area contributed by atoms with Gasteiger partial charge in [0, 0.05) is 17.8 Å². The molecule has 2 aromatic heterocycles. The van der Waals surface area contributed by atoms with E-state index in [0.717, 1.165) is 12.1 Å². The minimum Gasteiger partial charge on any atom is -0.497 e. The minimum atomic E-state index is -4.50. The third kappa shape index (κ3) is 3.42. The van der Waals surface area contributed by atoms with Gasteiger partial charge in [0.05, 0.1) is 12.7 Å². The number of aromatic nitrogens is 5. The van der Waals surface area contributed by atoms with Gasteiger partial charge in [0.25, 0.3) is 0 Å². The third-order valence-corrected chi connectivity index (χ3v) is 2.98. The van der Waals surface area contributed by atoms with Gasteiger partial charge in [0.15, 0.2) is 5.82 Å². The van der Waals surface area contributed by atoms with Crippen LogP contribution in [0.1, 0.15) is 11.5 Å². The number of benzene rings is 1. The zero-order valence-electron chi connectivity index (χ0n) is 12.2. The Kier molecular flexibility index (Phi) is 4.02. The van der Waals surface area contributed by atoms with Crippen LogP contribution in [-0.4, -0.2) is 32.1 Å². The molecular formula is C14H10F3N5O2. The molecule has 24 heavy (non-hydrogen) atoms. The zero-order valence-corrected chi connectivity index (χ0v) is 12.2. The predicted molar refractivity (Wildman–Crippen MR) is 76.5 cm³/mol. The van der Waals surface area contributed by atoms with Gasteiger partial charge in [-0.3, -0.25) is 0 Å².